The number of hydrogen-bond donors (Lipinski definition) is 3. The quantitative estimate of drug-likeness (QED) is 0.560. The maximum atomic E-state index is 10.3. The van der Waals surface area contributed by atoms with E-state index in [4.69, 9.17) is 4.74 Å². The Morgan fingerprint density at radius 2 is 2.07 bits per heavy atom. The predicted octanol–water partition coefficient (Wildman–Crippen LogP) is -0.473. The van der Waals surface area contributed by atoms with Crippen LogP contribution in [0.5, 0.6) is 0 Å². The molecule has 0 saturated carbocycles. The van der Waals surface area contributed by atoms with E-state index < -0.39 is 24.5 Å². The van der Waals surface area contributed by atoms with Crippen LogP contribution in [0.2, 0.25) is 0 Å². The molecular weight excluding hydrogens is 352 g/mol. The number of aliphatic hydroxyl groups excluding tert-OH is 3. The lowest BCUT2D eigenvalue weighted by Gasteiger charge is -2.19. The average molecular weight is 370 g/mol. The van der Waals surface area contributed by atoms with Gasteiger partial charge in [-0.15, -0.1) is 0 Å². The molecule has 0 amide bonds. The molecule has 0 bridgehead atoms. The summed E-state index contributed by atoms with van der Waals surface area (Å²) in [5, 5.41) is 29.6. The molecule has 10 heteroatoms. The van der Waals surface area contributed by atoms with Crippen molar-refractivity contribution in [3.05, 3.63) is 36.7 Å². The van der Waals surface area contributed by atoms with Gasteiger partial charge in [0.25, 0.3) is 0 Å². The number of imidazole rings is 1. The highest BCUT2D eigenvalue weighted by Crippen LogP contribution is 2.37. The van der Waals surface area contributed by atoms with Gasteiger partial charge in [-0.25, -0.2) is 15.0 Å². The Labute approximate surface area is 153 Å². The topological polar surface area (TPSA) is 130 Å². The number of rotatable bonds is 3. The molecule has 1 fully saturated rings. The molecular formula is C17H18N6O4. The number of aliphatic hydroxyl groups is 3. The standard InChI is InChI=1S/C17H18N6O4/c24-6-11-13(25)14(26)17(27-11)23-8-21-12-15(19-7-20-16(12)23)22-4-2-9-5-18-3-1-10(9)22/h1,3,5,7-8,11,13-14,17,24-26H,2,4,6H2/t11-,13-,14-,17-/m1/s1. The zero-order chi connectivity index (χ0) is 18.5. The third kappa shape index (κ3) is 2.42. The molecule has 2 aliphatic heterocycles. The van der Waals surface area contributed by atoms with E-state index in [0.29, 0.717) is 17.0 Å². The predicted molar refractivity (Wildman–Crippen MR) is 93.3 cm³/mol. The van der Waals surface area contributed by atoms with Gasteiger partial charge >= 0.3 is 0 Å². The highest BCUT2D eigenvalue weighted by molar-refractivity contribution is 5.87. The van der Waals surface area contributed by atoms with Crippen LogP contribution >= 0.6 is 0 Å². The first-order valence-electron chi connectivity index (χ1n) is 8.69. The van der Waals surface area contributed by atoms with Gasteiger partial charge in [-0.3, -0.25) is 9.55 Å². The number of anilines is 2. The van der Waals surface area contributed by atoms with Crippen LogP contribution in [0.25, 0.3) is 11.2 Å². The Morgan fingerprint density at radius 3 is 2.89 bits per heavy atom. The second kappa shape index (κ2) is 6.20. The van der Waals surface area contributed by atoms with E-state index in [9.17, 15) is 15.3 Å². The van der Waals surface area contributed by atoms with Crippen molar-refractivity contribution >= 4 is 22.7 Å². The highest BCUT2D eigenvalue weighted by Gasteiger charge is 2.44. The lowest BCUT2D eigenvalue weighted by Crippen LogP contribution is -2.33. The van der Waals surface area contributed by atoms with Gasteiger partial charge in [-0.05, 0) is 18.1 Å². The Bertz CT molecular complexity index is 994. The Hall–Kier alpha value is -2.66. The van der Waals surface area contributed by atoms with Crippen molar-refractivity contribution in [3.63, 3.8) is 0 Å². The van der Waals surface area contributed by atoms with E-state index in [0.717, 1.165) is 24.2 Å². The van der Waals surface area contributed by atoms with E-state index in [1.165, 1.54) is 12.7 Å². The second-order valence-electron chi connectivity index (χ2n) is 6.66. The molecule has 0 unspecified atom stereocenters. The second-order valence-corrected chi connectivity index (χ2v) is 6.66. The van der Waals surface area contributed by atoms with Crippen LogP contribution in [-0.2, 0) is 11.2 Å². The summed E-state index contributed by atoms with van der Waals surface area (Å²) >= 11 is 0. The van der Waals surface area contributed by atoms with E-state index >= 15 is 0 Å². The molecule has 5 heterocycles. The van der Waals surface area contributed by atoms with Crippen molar-refractivity contribution in [1.82, 2.24) is 24.5 Å². The summed E-state index contributed by atoms with van der Waals surface area (Å²) < 4.78 is 7.16. The van der Waals surface area contributed by atoms with Crippen LogP contribution in [0.3, 0.4) is 0 Å². The van der Waals surface area contributed by atoms with Crippen LogP contribution in [0, 0.1) is 0 Å². The fourth-order valence-corrected chi connectivity index (χ4v) is 3.78. The molecule has 2 aliphatic rings. The van der Waals surface area contributed by atoms with Crippen molar-refractivity contribution in [2.45, 2.75) is 31.0 Å². The van der Waals surface area contributed by atoms with Crippen LogP contribution in [0.15, 0.2) is 31.1 Å². The van der Waals surface area contributed by atoms with Gasteiger partial charge in [0.1, 0.15) is 24.6 Å². The van der Waals surface area contributed by atoms with Gasteiger partial charge in [0.15, 0.2) is 23.2 Å². The maximum absolute atomic E-state index is 10.3. The number of aromatic nitrogens is 5. The first kappa shape index (κ1) is 16.5. The monoisotopic (exact) mass is 370 g/mol. The van der Waals surface area contributed by atoms with E-state index in [2.05, 4.69) is 24.8 Å². The molecule has 0 radical (unpaired) electrons. The number of fused-ring (bicyclic) bond motifs is 2. The Balaban J connectivity index is 1.57. The Kier molecular flexibility index (Phi) is 3.79. The zero-order valence-corrected chi connectivity index (χ0v) is 14.3. The van der Waals surface area contributed by atoms with Crippen molar-refractivity contribution in [3.8, 4) is 0 Å². The number of hydrogen-bond acceptors (Lipinski definition) is 9. The molecule has 4 atom stereocenters. The summed E-state index contributed by atoms with van der Waals surface area (Å²) in [6.45, 7) is 0.369. The zero-order valence-electron chi connectivity index (χ0n) is 14.3. The van der Waals surface area contributed by atoms with E-state index in [1.807, 2.05) is 12.3 Å². The van der Waals surface area contributed by atoms with Gasteiger partial charge in [0.05, 0.1) is 12.9 Å². The summed E-state index contributed by atoms with van der Waals surface area (Å²) in [5.41, 5.74) is 3.23. The minimum Gasteiger partial charge on any atom is -0.394 e. The largest absolute Gasteiger partial charge is 0.394 e. The van der Waals surface area contributed by atoms with Crippen molar-refractivity contribution in [2.24, 2.45) is 0 Å². The van der Waals surface area contributed by atoms with Gasteiger partial charge in [0.2, 0.25) is 0 Å². The number of pyridine rings is 1. The number of nitrogens with zero attached hydrogens (tertiary/aromatic N) is 6. The summed E-state index contributed by atoms with van der Waals surface area (Å²) in [6.07, 6.45) is 3.28. The van der Waals surface area contributed by atoms with Gasteiger partial charge in [-0.2, -0.15) is 0 Å². The van der Waals surface area contributed by atoms with Gasteiger partial charge < -0.3 is 25.0 Å². The highest BCUT2D eigenvalue weighted by atomic mass is 16.6. The first-order chi connectivity index (χ1) is 13.2. The minimum atomic E-state index is -1.20. The fraction of sp³-hybridized carbons (Fsp3) is 0.412. The van der Waals surface area contributed by atoms with Crippen molar-refractivity contribution < 1.29 is 20.1 Å². The van der Waals surface area contributed by atoms with Crippen molar-refractivity contribution in [2.75, 3.05) is 18.1 Å². The normalized spacial score (nSPS) is 27.4. The molecule has 140 valence electrons. The minimum absolute atomic E-state index is 0.389. The lowest BCUT2D eigenvalue weighted by atomic mass is 10.1. The fourth-order valence-electron chi connectivity index (χ4n) is 3.78. The van der Waals surface area contributed by atoms with E-state index in [-0.39, 0.29) is 6.61 Å². The molecule has 1 saturated heterocycles. The molecule has 3 aromatic rings. The van der Waals surface area contributed by atoms with Crippen LogP contribution in [0.1, 0.15) is 11.8 Å². The summed E-state index contributed by atoms with van der Waals surface area (Å²) in [6, 6.07) is 1.94. The molecule has 27 heavy (non-hydrogen) atoms. The molecule has 10 nitrogen and oxygen atoms in total. The van der Waals surface area contributed by atoms with E-state index in [1.54, 1.807) is 10.8 Å². The summed E-state index contributed by atoms with van der Waals surface area (Å²) in [5.74, 6) is 0.662. The molecule has 3 N–H and O–H groups in total. The Morgan fingerprint density at radius 1 is 1.19 bits per heavy atom. The molecule has 0 aromatic carbocycles. The van der Waals surface area contributed by atoms with Crippen molar-refractivity contribution in [1.29, 1.82) is 0 Å². The number of ether oxygens (including phenoxy) is 1. The molecule has 0 spiro atoms. The molecule has 5 rings (SSSR count). The molecule has 3 aromatic heterocycles. The lowest BCUT2D eigenvalue weighted by molar-refractivity contribution is -0.0511. The average Bonchev–Trinajstić information content (AvgIpc) is 3.38. The molecule has 0 aliphatic carbocycles. The SMILES string of the molecule is OC[C@H]1O[C@@H](n2cnc3c(N4CCc5cnccc54)ncnc32)[C@H](O)[C@@H]1O. The maximum Gasteiger partial charge on any atom is 0.167 e. The van der Waals surface area contributed by atoms with Crippen LogP contribution in [-0.4, -0.2) is 71.3 Å². The third-order valence-electron chi connectivity index (χ3n) is 5.16. The third-order valence-corrected chi connectivity index (χ3v) is 5.16. The van der Waals surface area contributed by atoms with Crippen LogP contribution < -0.4 is 4.90 Å². The van der Waals surface area contributed by atoms with Crippen LogP contribution in [0.4, 0.5) is 11.5 Å². The van der Waals surface area contributed by atoms with Gasteiger partial charge in [-0.1, -0.05) is 0 Å². The summed E-state index contributed by atoms with van der Waals surface area (Å²) in [7, 11) is 0. The van der Waals surface area contributed by atoms with Gasteiger partial charge in [0, 0.05) is 24.6 Å². The first-order valence-corrected chi connectivity index (χ1v) is 8.69. The smallest absolute Gasteiger partial charge is 0.167 e. The summed E-state index contributed by atoms with van der Waals surface area (Å²) in [4.78, 5) is 19.4.